The van der Waals surface area contributed by atoms with Crippen LogP contribution in [0.1, 0.15) is 18.7 Å². The van der Waals surface area contributed by atoms with Gasteiger partial charge in [0.15, 0.2) is 0 Å². The molecule has 1 aliphatic rings. The number of carboxylic acids is 1. The summed E-state index contributed by atoms with van der Waals surface area (Å²) in [5.74, 6) is -1.31. The zero-order chi connectivity index (χ0) is 13.1. The van der Waals surface area contributed by atoms with Gasteiger partial charge in [-0.15, -0.1) is 0 Å². The Morgan fingerprint density at radius 2 is 2.28 bits per heavy atom. The van der Waals surface area contributed by atoms with E-state index < -0.39 is 11.9 Å². The number of carbonyl (C=O) groups excluding carboxylic acids is 2. The summed E-state index contributed by atoms with van der Waals surface area (Å²) in [6, 6.07) is 3.07. The molecule has 1 atom stereocenters. The van der Waals surface area contributed by atoms with Crippen molar-refractivity contribution in [3.8, 4) is 0 Å². The molecule has 0 aliphatic carbocycles. The van der Waals surface area contributed by atoms with Gasteiger partial charge in [-0.05, 0) is 31.2 Å². The zero-order valence-corrected chi connectivity index (χ0v) is 9.62. The van der Waals surface area contributed by atoms with E-state index in [1.807, 2.05) is 6.08 Å². The summed E-state index contributed by atoms with van der Waals surface area (Å²) in [4.78, 5) is 22.1. The third kappa shape index (κ3) is 2.42. The van der Waals surface area contributed by atoms with Crippen LogP contribution in [0.5, 0.6) is 0 Å². The Bertz CT molecular complexity index is 516. The number of furan rings is 1. The number of allylic oxidation sites excluding steroid dienone is 1. The van der Waals surface area contributed by atoms with Crippen molar-refractivity contribution in [1.82, 2.24) is 10.4 Å². The van der Waals surface area contributed by atoms with E-state index in [2.05, 4.69) is 5.43 Å². The standard InChI is InChI=1S/C12H12N2O4/c1-8-7-9(10-3-2-6-18-10)14(13-8)11(15)4-5-12(16)17/h2-7,9,13H,1H3,(H,16,17)/p-1/t9-/m1/s1. The predicted octanol–water partition coefficient (Wildman–Crippen LogP) is -0.123. The summed E-state index contributed by atoms with van der Waals surface area (Å²) in [6.07, 6.45) is 4.95. The Morgan fingerprint density at radius 1 is 1.50 bits per heavy atom. The minimum atomic E-state index is -1.42. The average molecular weight is 247 g/mol. The fourth-order valence-corrected chi connectivity index (χ4v) is 1.69. The van der Waals surface area contributed by atoms with Crippen LogP contribution in [0.15, 0.2) is 46.7 Å². The number of nitrogens with zero attached hydrogens (tertiary/aromatic N) is 1. The number of nitrogens with one attached hydrogen (secondary N) is 1. The third-order valence-corrected chi connectivity index (χ3v) is 2.42. The van der Waals surface area contributed by atoms with E-state index in [1.54, 1.807) is 19.1 Å². The predicted molar refractivity (Wildman–Crippen MR) is 59.3 cm³/mol. The maximum absolute atomic E-state index is 11.8. The molecule has 0 bridgehead atoms. The van der Waals surface area contributed by atoms with E-state index in [0.29, 0.717) is 11.8 Å². The number of carboxylic acid groups (broad SMARTS) is 1. The second-order valence-electron chi connectivity index (χ2n) is 3.78. The first-order valence-electron chi connectivity index (χ1n) is 5.28. The van der Waals surface area contributed by atoms with Crippen LogP contribution in [0.4, 0.5) is 0 Å². The average Bonchev–Trinajstić information content (AvgIpc) is 2.93. The SMILES string of the molecule is CC1=C[C@H](c2ccco2)N(C(=O)C=CC(=O)[O-])N1. The first-order valence-corrected chi connectivity index (χ1v) is 5.28. The number of amides is 1. The zero-order valence-electron chi connectivity index (χ0n) is 9.62. The van der Waals surface area contributed by atoms with Crippen molar-refractivity contribution >= 4 is 11.9 Å². The molecule has 1 aromatic heterocycles. The molecule has 18 heavy (non-hydrogen) atoms. The highest BCUT2D eigenvalue weighted by atomic mass is 16.4. The van der Waals surface area contributed by atoms with Gasteiger partial charge < -0.3 is 14.3 Å². The minimum absolute atomic E-state index is 0.390. The molecule has 1 aliphatic heterocycles. The molecule has 1 amide bonds. The molecular weight excluding hydrogens is 236 g/mol. The highest BCUT2D eigenvalue weighted by Crippen LogP contribution is 2.27. The Kier molecular flexibility index (Phi) is 3.18. The largest absolute Gasteiger partial charge is 0.545 e. The van der Waals surface area contributed by atoms with Crippen LogP contribution < -0.4 is 10.5 Å². The second-order valence-corrected chi connectivity index (χ2v) is 3.78. The van der Waals surface area contributed by atoms with Gasteiger partial charge >= 0.3 is 0 Å². The molecule has 0 saturated carbocycles. The molecule has 1 aromatic rings. The quantitative estimate of drug-likeness (QED) is 0.752. The highest BCUT2D eigenvalue weighted by Gasteiger charge is 2.29. The van der Waals surface area contributed by atoms with Crippen molar-refractivity contribution < 1.29 is 19.1 Å². The molecule has 94 valence electrons. The molecule has 0 radical (unpaired) electrons. The van der Waals surface area contributed by atoms with Crippen LogP contribution in [0.3, 0.4) is 0 Å². The van der Waals surface area contributed by atoms with Crippen LogP contribution in [-0.4, -0.2) is 16.9 Å². The van der Waals surface area contributed by atoms with Crippen molar-refractivity contribution in [2.24, 2.45) is 0 Å². The van der Waals surface area contributed by atoms with Gasteiger partial charge in [-0.2, -0.15) is 0 Å². The molecule has 2 rings (SSSR count). The Morgan fingerprint density at radius 3 is 2.89 bits per heavy atom. The first kappa shape index (κ1) is 12.0. The maximum Gasteiger partial charge on any atom is 0.265 e. The van der Waals surface area contributed by atoms with Crippen molar-refractivity contribution in [3.05, 3.63) is 48.1 Å². The first-order chi connectivity index (χ1) is 8.58. The van der Waals surface area contributed by atoms with E-state index in [1.165, 1.54) is 11.3 Å². The number of hydrazine groups is 1. The fraction of sp³-hybridized carbons (Fsp3) is 0.167. The van der Waals surface area contributed by atoms with Gasteiger partial charge in [0.05, 0.1) is 12.2 Å². The summed E-state index contributed by atoms with van der Waals surface area (Å²) in [5.41, 5.74) is 3.62. The molecule has 6 nitrogen and oxygen atoms in total. The second kappa shape index (κ2) is 4.79. The fourth-order valence-electron chi connectivity index (χ4n) is 1.69. The molecule has 2 heterocycles. The summed E-state index contributed by atoms with van der Waals surface area (Å²) in [6.45, 7) is 1.80. The molecule has 0 saturated heterocycles. The number of hydrogen-bond donors (Lipinski definition) is 1. The van der Waals surface area contributed by atoms with Gasteiger partial charge in [0, 0.05) is 11.8 Å². The molecule has 6 heteroatoms. The summed E-state index contributed by atoms with van der Waals surface area (Å²) >= 11 is 0. The van der Waals surface area contributed by atoms with Crippen LogP contribution in [-0.2, 0) is 9.59 Å². The summed E-state index contributed by atoms with van der Waals surface area (Å²) in [7, 11) is 0. The van der Waals surface area contributed by atoms with Gasteiger partial charge in [0.1, 0.15) is 11.8 Å². The lowest BCUT2D eigenvalue weighted by Gasteiger charge is -2.22. The Balaban J connectivity index is 2.18. The monoisotopic (exact) mass is 247 g/mol. The van der Waals surface area contributed by atoms with Crippen LogP contribution in [0.2, 0.25) is 0 Å². The lowest BCUT2D eigenvalue weighted by molar-refractivity contribution is -0.297. The lowest BCUT2D eigenvalue weighted by atomic mass is 10.2. The van der Waals surface area contributed by atoms with Crippen molar-refractivity contribution in [1.29, 1.82) is 0 Å². The molecule has 1 N–H and O–H groups in total. The Labute approximate surface area is 103 Å². The highest BCUT2D eigenvalue weighted by molar-refractivity contribution is 5.93. The summed E-state index contributed by atoms with van der Waals surface area (Å²) in [5, 5.41) is 11.6. The van der Waals surface area contributed by atoms with Crippen LogP contribution >= 0.6 is 0 Å². The number of rotatable bonds is 3. The van der Waals surface area contributed by atoms with E-state index in [9.17, 15) is 14.7 Å². The maximum atomic E-state index is 11.8. The van der Waals surface area contributed by atoms with Gasteiger partial charge in [-0.3, -0.25) is 10.2 Å². The minimum Gasteiger partial charge on any atom is -0.545 e. The number of aliphatic carboxylic acids is 1. The normalized spacial score (nSPS) is 18.8. The van der Waals surface area contributed by atoms with E-state index >= 15 is 0 Å². The molecular formula is C12H11N2O4-. The number of carbonyl (C=O) groups is 2. The van der Waals surface area contributed by atoms with E-state index in [4.69, 9.17) is 4.42 Å². The van der Waals surface area contributed by atoms with E-state index in [-0.39, 0.29) is 6.04 Å². The van der Waals surface area contributed by atoms with Gasteiger partial charge in [-0.25, -0.2) is 5.01 Å². The third-order valence-electron chi connectivity index (χ3n) is 2.42. The number of hydrogen-bond acceptors (Lipinski definition) is 5. The van der Waals surface area contributed by atoms with Crippen molar-refractivity contribution in [2.75, 3.05) is 0 Å². The van der Waals surface area contributed by atoms with Gasteiger partial charge in [0.2, 0.25) is 0 Å². The molecule has 0 spiro atoms. The van der Waals surface area contributed by atoms with Crippen molar-refractivity contribution in [2.45, 2.75) is 13.0 Å². The van der Waals surface area contributed by atoms with Crippen LogP contribution in [0, 0.1) is 0 Å². The smallest absolute Gasteiger partial charge is 0.265 e. The van der Waals surface area contributed by atoms with Crippen LogP contribution in [0.25, 0.3) is 0 Å². The van der Waals surface area contributed by atoms with Gasteiger partial charge in [-0.1, -0.05) is 0 Å². The molecule has 0 aromatic carbocycles. The topological polar surface area (TPSA) is 85.6 Å². The van der Waals surface area contributed by atoms with Gasteiger partial charge in [0.25, 0.3) is 5.91 Å². The Hall–Kier alpha value is -2.50. The lowest BCUT2D eigenvalue weighted by Crippen LogP contribution is -2.38. The summed E-state index contributed by atoms with van der Waals surface area (Å²) < 4.78 is 5.24. The molecule has 0 fully saturated rings. The van der Waals surface area contributed by atoms with E-state index in [0.717, 1.165) is 11.8 Å². The molecule has 0 unspecified atom stereocenters. The van der Waals surface area contributed by atoms with Crippen molar-refractivity contribution in [3.63, 3.8) is 0 Å².